The van der Waals surface area contributed by atoms with Gasteiger partial charge in [-0.05, 0) is 167 Å². The zero-order valence-electron chi connectivity index (χ0n) is 67.8. The molecule has 3 aromatic heterocycles. The van der Waals surface area contributed by atoms with Gasteiger partial charge in [0.05, 0.1) is 75.8 Å². The molecule has 10 rings (SSSR count). The fourth-order valence-electron chi connectivity index (χ4n) is 10.3. The molecule has 0 bridgehead atoms. The van der Waals surface area contributed by atoms with Crippen LogP contribution in [0.25, 0.3) is 33.9 Å². The van der Waals surface area contributed by atoms with E-state index in [1.54, 1.807) is 124 Å². The first-order valence-electron chi connectivity index (χ1n) is 36.1. The fraction of sp³-hybridized carbons (Fsp3) is 0.191. The lowest BCUT2D eigenvalue weighted by Gasteiger charge is -2.27. The van der Waals surface area contributed by atoms with Gasteiger partial charge in [0, 0.05) is 38.2 Å². The highest BCUT2D eigenvalue weighted by Crippen LogP contribution is 2.41. The third-order valence-corrected chi connectivity index (χ3v) is 18.9. The Bertz CT molecular complexity index is 5570. The van der Waals surface area contributed by atoms with Crippen LogP contribution in [-0.4, -0.2) is 65.0 Å². The Balaban J connectivity index is 0.000000496. The van der Waals surface area contributed by atoms with Crippen molar-refractivity contribution in [2.24, 2.45) is 0 Å². The Morgan fingerprint density at radius 2 is 0.783 bits per heavy atom. The predicted octanol–water partition coefficient (Wildman–Crippen LogP) is 24.6. The van der Waals surface area contributed by atoms with Crippen LogP contribution in [0.15, 0.2) is 265 Å². The molecule has 3 amide bonds. The minimum absolute atomic E-state index is 0.00136. The van der Waals surface area contributed by atoms with Crippen molar-refractivity contribution in [1.82, 2.24) is 13.7 Å². The number of imide groups is 1. The highest BCUT2D eigenvalue weighted by molar-refractivity contribution is 9.10. The lowest BCUT2D eigenvalue weighted by molar-refractivity contribution is -0.115. The summed E-state index contributed by atoms with van der Waals surface area (Å²) in [6.07, 6.45) is 5.70. The van der Waals surface area contributed by atoms with Crippen LogP contribution in [0.5, 0.6) is 0 Å². The van der Waals surface area contributed by atoms with Crippen LogP contribution >= 0.6 is 59.4 Å². The number of nitriles is 4. The Morgan fingerprint density at radius 3 is 1.06 bits per heavy atom. The molecule has 0 fully saturated rings. The molecule has 10 aromatic rings. The number of benzene rings is 7. The Labute approximate surface area is 733 Å². The molecule has 0 aliphatic carbocycles. The van der Waals surface area contributed by atoms with Gasteiger partial charge in [-0.3, -0.25) is 19.2 Å². The predicted molar refractivity (Wildman–Crippen MR) is 486 cm³/mol. The van der Waals surface area contributed by atoms with Crippen molar-refractivity contribution in [3.63, 3.8) is 0 Å². The maximum Gasteiger partial charge on any atom is 0.298 e. The number of carbonyl (C=O) groups is 5. The summed E-state index contributed by atoms with van der Waals surface area (Å²) in [5.74, 6) is 0.362. The molecule has 22 nitrogen and oxygen atoms in total. The second-order valence-electron chi connectivity index (χ2n) is 25.4. The van der Waals surface area contributed by atoms with Crippen molar-refractivity contribution in [2.45, 2.75) is 94.3 Å². The van der Waals surface area contributed by atoms with E-state index < -0.39 is 17.1 Å². The zero-order valence-corrected chi connectivity index (χ0v) is 73.4. The maximum absolute atomic E-state index is 13.7. The third-order valence-electron chi connectivity index (χ3n) is 16.5. The van der Waals surface area contributed by atoms with E-state index in [2.05, 4.69) is 113 Å². The number of nitrogens with zero attached hydrogens (tertiary/aromatic N) is 15. The summed E-state index contributed by atoms with van der Waals surface area (Å²) in [7, 11) is 0. The number of allylic oxidation sites excluding steroid dienone is 6. The number of halogens is 4. The normalized spacial score (nSPS) is 10.2. The smallest absolute Gasteiger partial charge is 0.298 e. The molecule has 0 aliphatic heterocycles. The minimum atomic E-state index is -0.478. The van der Waals surface area contributed by atoms with Crippen molar-refractivity contribution in [1.29, 1.82) is 21.0 Å². The molecule has 0 spiro atoms. The van der Waals surface area contributed by atoms with Gasteiger partial charge in [-0.15, -0.1) is 0 Å². The summed E-state index contributed by atoms with van der Waals surface area (Å²) >= 11 is 14.7. The topological polar surface area (TPSA) is 267 Å². The van der Waals surface area contributed by atoms with E-state index in [1.165, 1.54) is 19.4 Å². The summed E-state index contributed by atoms with van der Waals surface area (Å²) in [5.41, 5.74) is 17.9. The largest absolute Gasteiger partial charge is 0.394 e. The molecule has 3 heterocycles. The number of alkyl halides is 3. The molecule has 0 radical (unpaired) electrons. The van der Waals surface area contributed by atoms with Crippen LogP contribution in [0.1, 0.15) is 148 Å². The van der Waals surface area contributed by atoms with Crippen LogP contribution in [0.2, 0.25) is 0 Å². The van der Waals surface area contributed by atoms with E-state index in [0.29, 0.717) is 66.8 Å². The average molecular weight is 1810 g/mol. The van der Waals surface area contributed by atoms with Gasteiger partial charge in [-0.2, -0.15) is 5.26 Å². The molecule has 604 valence electrons. The van der Waals surface area contributed by atoms with E-state index in [4.69, 9.17) is 84.4 Å². The SMILES string of the molecule is CC(C)=O.O=C(Cl)c1ccccc1.[C-]#[N+]/C(C#N)=C(/C)CBr.[C-]#[N+]C(C#N)=C(C)C.[C-]#[N+]C(C#N)=C(CBr)CBr.[C-]#[N+]CC#N.[C-]#[N+]c1c(C)cn(C(C)c2ccccc2)c1N.[C-]#[N+]c1c(C)cn(C(C)c2ccccc2)c1N(C(=O)c1ccccc1)C(=O)c1ccccc1.[C-]#[N+]c1c(C)cn(C(C)c2ccccc2)c1NC(=O)c1ccccc1. The van der Waals surface area contributed by atoms with E-state index in [9.17, 15) is 24.0 Å². The molecule has 0 saturated heterocycles. The Morgan fingerprint density at radius 1 is 0.458 bits per heavy atom. The van der Waals surface area contributed by atoms with E-state index in [-0.39, 0.29) is 65.0 Å². The lowest BCUT2D eigenvalue weighted by atomic mass is 10.1. The number of nitrogens with one attached hydrogen (secondary N) is 1. The Kier molecular flexibility index (Phi) is 47.3. The number of hydrogen-bond donors (Lipinski definition) is 2. The molecule has 3 unspecified atom stereocenters. The van der Waals surface area contributed by atoms with E-state index in [1.807, 2.05) is 181 Å². The second-order valence-corrected chi connectivity index (χ2v) is 27.4. The van der Waals surface area contributed by atoms with Crippen molar-refractivity contribution in [2.75, 3.05) is 38.5 Å². The van der Waals surface area contributed by atoms with Crippen LogP contribution in [0, 0.1) is 112 Å². The zero-order chi connectivity index (χ0) is 89.8. The first kappa shape index (κ1) is 102. The average Bonchev–Trinajstić information content (AvgIpc) is 1.60. The number of amides is 3. The number of aromatic nitrogens is 3. The molecule has 0 saturated carbocycles. The molecule has 120 heavy (non-hydrogen) atoms. The summed E-state index contributed by atoms with van der Waals surface area (Å²) < 4.78 is 5.76. The fourth-order valence-corrected chi connectivity index (χ4v) is 12.1. The van der Waals surface area contributed by atoms with Gasteiger partial charge in [0.2, 0.25) is 17.1 Å². The lowest BCUT2D eigenvalue weighted by Crippen LogP contribution is -2.39. The first-order chi connectivity index (χ1) is 57.5. The highest BCUT2D eigenvalue weighted by atomic mass is 79.9. The number of nitrogens with two attached hydrogens (primary N) is 1. The van der Waals surface area contributed by atoms with Crippen molar-refractivity contribution >= 4 is 123 Å². The van der Waals surface area contributed by atoms with Crippen molar-refractivity contribution in [3.05, 3.63) is 400 Å². The number of nitrogen functional groups attached to an aromatic ring is 1. The summed E-state index contributed by atoms with van der Waals surface area (Å²) in [4.78, 5) is 83.7. The molecule has 3 atom stereocenters. The monoisotopic (exact) mass is 1800 g/mol. The maximum atomic E-state index is 13.7. The first-order valence-corrected chi connectivity index (χ1v) is 39.8. The van der Waals surface area contributed by atoms with Crippen LogP contribution in [0.4, 0.5) is 34.5 Å². The highest BCUT2D eigenvalue weighted by Gasteiger charge is 2.33. The van der Waals surface area contributed by atoms with Gasteiger partial charge < -0.3 is 34.4 Å². The minimum Gasteiger partial charge on any atom is -0.394 e. The van der Waals surface area contributed by atoms with Gasteiger partial charge in [-0.25, -0.2) is 56.3 Å². The molecule has 3 N–H and O–H groups in total. The number of hydrogen-bond acceptors (Lipinski definition) is 10. The van der Waals surface area contributed by atoms with Crippen molar-refractivity contribution in [3.8, 4) is 24.3 Å². The van der Waals surface area contributed by atoms with E-state index in [0.717, 1.165) is 43.9 Å². The van der Waals surface area contributed by atoms with Gasteiger partial charge in [0.25, 0.3) is 46.6 Å². The Hall–Kier alpha value is -14.5. The van der Waals surface area contributed by atoms with Gasteiger partial charge in [-0.1, -0.05) is 250 Å². The van der Waals surface area contributed by atoms with Crippen molar-refractivity contribution < 1.29 is 24.0 Å². The van der Waals surface area contributed by atoms with Crippen LogP contribution < -0.4 is 16.0 Å². The van der Waals surface area contributed by atoms with Gasteiger partial charge in [0.15, 0.2) is 0 Å². The number of rotatable bonds is 15. The molecule has 26 heteroatoms. The molecule has 0 aliphatic rings. The quantitative estimate of drug-likeness (QED) is 0.0245. The number of aryl methyl sites for hydroxylation is 3. The van der Waals surface area contributed by atoms with Gasteiger partial charge >= 0.3 is 0 Å². The molecule has 7 aromatic carbocycles. The van der Waals surface area contributed by atoms with Gasteiger partial charge in [0.1, 0.15) is 29.3 Å². The summed E-state index contributed by atoms with van der Waals surface area (Å²) in [6.45, 7) is 68.0. The second kappa shape index (κ2) is 55.9. The standard InChI is InChI=1S/C28H23N3O2.C21H19N3O.C14H15N3.C7H5ClO.C6H4Br2N2.C6H5BrN2.C6H6N2.C3H2N2.C3H6O/c1-20-19-30(21(2)22-13-7-4-8-14-22)26(25(20)29-3)31(27(32)23-15-9-5-10-16-23)28(33)24-17-11-6-12-18-24;1-15-14-24(16(2)17-10-6-4-7-11-17)20(19(15)22-3)23-21(25)18-12-8-5-9-13-18;1-10-9-17(14(15)13(10)16-3)11(2)12-7-5-4-6-8-12;8-7(9)6-4-2-1-3-5-6;1-10-6(4-9)5(2-7)3-8;1-5(3-7)6(4-8)9-2;1-5(2)6(4-7)8-3;1-5-3-2-4;1-3(2)4/h4-19,21H,1-2H3;4-14,16H,1-2H3,(H,23,25);4-9,11H,15H2,1-2H3;1-5H;2-3H2;3H2,1H3;1-2H3;3H2;1-2H3/b;;;;;6-5-;;;. The van der Waals surface area contributed by atoms with Crippen LogP contribution in [0.3, 0.4) is 0 Å². The third kappa shape index (κ3) is 32.3. The summed E-state index contributed by atoms with van der Waals surface area (Å²) in [6, 6.07) is 72.1. The number of anilines is 3. The van der Waals surface area contributed by atoms with Crippen LogP contribution in [-0.2, 0) is 4.79 Å². The summed E-state index contributed by atoms with van der Waals surface area (Å²) in [5, 5.41) is 36.7. The number of Topliss-reactive ketones (excluding diaryl/α,β-unsaturated/α-hetero) is 1. The number of carbonyl (C=O) groups excluding carboxylic acids is 5. The van der Waals surface area contributed by atoms with E-state index >= 15 is 0 Å². The number of ketones is 1. The molecular weight excluding hydrogens is 1720 g/mol. The molecular formula is C94H85Br3ClN17O5.